The topological polar surface area (TPSA) is 140 Å². The quantitative estimate of drug-likeness (QED) is 0.313. The summed E-state index contributed by atoms with van der Waals surface area (Å²) in [4.78, 5) is 50.1. The molecule has 2 aliphatic rings. The molecule has 0 bridgehead atoms. The molecule has 2 aliphatic carbocycles. The molecule has 1 unspecified atom stereocenters. The van der Waals surface area contributed by atoms with E-state index in [1.807, 2.05) is 57.2 Å². The molecule has 40 heavy (non-hydrogen) atoms. The summed E-state index contributed by atoms with van der Waals surface area (Å²) in [6, 6.07) is 5.73. The number of fused-ring (bicyclic) bond motifs is 2. The molecule has 0 aliphatic heterocycles. The first kappa shape index (κ1) is 25.7. The van der Waals surface area contributed by atoms with Crippen LogP contribution in [0.5, 0.6) is 0 Å². The Morgan fingerprint density at radius 2 is 2.02 bits per heavy atom. The molecule has 206 valence electrons. The first-order chi connectivity index (χ1) is 19.3. The fraction of sp³-hybridized carbons (Fsp3) is 0.379. The number of nitrogens with zero attached hydrogens (tertiary/aromatic N) is 5. The van der Waals surface area contributed by atoms with Gasteiger partial charge in [0.15, 0.2) is 5.65 Å². The van der Waals surface area contributed by atoms with Crippen molar-refractivity contribution in [1.82, 2.24) is 39.9 Å². The summed E-state index contributed by atoms with van der Waals surface area (Å²) < 4.78 is 3.41. The van der Waals surface area contributed by atoms with Gasteiger partial charge in [0.25, 0.3) is 5.91 Å². The Morgan fingerprint density at radius 3 is 2.77 bits per heavy atom. The minimum Gasteiger partial charge on any atom is -0.353 e. The third-order valence-electron chi connectivity index (χ3n) is 7.33. The van der Waals surface area contributed by atoms with Gasteiger partial charge in [0.05, 0.1) is 17.1 Å². The minimum absolute atomic E-state index is 0.0445. The summed E-state index contributed by atoms with van der Waals surface area (Å²) in [5.41, 5.74) is 4.02. The molecule has 3 heterocycles. The number of nitrogens with one attached hydrogen (secondary N) is 3. The number of H-pyrrole nitrogens is 1. The maximum Gasteiger partial charge on any atom is 0.327 e. The molecule has 1 saturated carbocycles. The second-order valence-electron chi connectivity index (χ2n) is 10.8. The zero-order valence-corrected chi connectivity index (χ0v) is 22.8. The number of aromatic nitrogens is 6. The predicted octanol–water partition coefficient (Wildman–Crippen LogP) is 3.28. The van der Waals surface area contributed by atoms with Gasteiger partial charge in [0.1, 0.15) is 17.5 Å². The summed E-state index contributed by atoms with van der Waals surface area (Å²) in [6.07, 6.45) is 9.81. The minimum atomic E-state index is -0.336. The average Bonchev–Trinajstić information content (AvgIpc) is 3.57. The Bertz CT molecular complexity index is 1750. The first-order valence-electron chi connectivity index (χ1n) is 13.8. The van der Waals surface area contributed by atoms with Crippen molar-refractivity contribution in [2.24, 2.45) is 11.8 Å². The van der Waals surface area contributed by atoms with Gasteiger partial charge in [-0.15, -0.1) is 0 Å². The normalized spacial score (nSPS) is 17.0. The number of carbonyl (C=O) groups excluding carboxylic acids is 2. The van der Waals surface area contributed by atoms with Gasteiger partial charge >= 0.3 is 5.69 Å². The monoisotopic (exact) mass is 540 g/mol. The van der Waals surface area contributed by atoms with Crippen LogP contribution in [0.1, 0.15) is 50.5 Å². The van der Waals surface area contributed by atoms with Crippen LogP contribution >= 0.6 is 0 Å². The summed E-state index contributed by atoms with van der Waals surface area (Å²) in [5.74, 6) is -0.167. The van der Waals surface area contributed by atoms with Gasteiger partial charge in [0.2, 0.25) is 5.91 Å². The van der Waals surface area contributed by atoms with Crippen molar-refractivity contribution < 1.29 is 9.59 Å². The molecule has 0 radical (unpaired) electrons. The standard InChI is InChI=1S/C29H32N8O3/c1-4-36-25-23(30-15-31-26(25)34-29(36)40)18-10-11-21-22(13-18)35-37(14-17-8-9-17)24(21)28(39)33-20-7-5-6-19(12-20)27(38)32-16(2)3/h5,7,10-13,15-17,19H,4,6,8-9,14H2,1-3H3,(H,32,38)(H,33,39)(H,30,31,34,40). The molecule has 0 saturated heterocycles. The van der Waals surface area contributed by atoms with Gasteiger partial charge in [0, 0.05) is 35.8 Å². The van der Waals surface area contributed by atoms with Gasteiger partial charge in [-0.1, -0.05) is 12.1 Å². The number of hydrogen-bond acceptors (Lipinski definition) is 6. The lowest BCUT2D eigenvalue weighted by Crippen LogP contribution is -2.36. The Balaban J connectivity index is 1.36. The van der Waals surface area contributed by atoms with E-state index in [1.165, 1.54) is 6.33 Å². The second kappa shape index (κ2) is 10.2. The lowest BCUT2D eigenvalue weighted by Gasteiger charge is -2.18. The van der Waals surface area contributed by atoms with E-state index in [1.54, 1.807) is 9.25 Å². The van der Waals surface area contributed by atoms with E-state index in [0.29, 0.717) is 59.2 Å². The molecule has 11 nitrogen and oxygen atoms in total. The van der Waals surface area contributed by atoms with Crippen molar-refractivity contribution in [3.8, 4) is 11.3 Å². The Morgan fingerprint density at radius 1 is 1.20 bits per heavy atom. The van der Waals surface area contributed by atoms with Gasteiger partial charge in [-0.3, -0.25) is 23.8 Å². The Labute approximate surface area is 230 Å². The molecular formula is C29H32N8O3. The van der Waals surface area contributed by atoms with Gasteiger partial charge in [-0.25, -0.2) is 14.8 Å². The summed E-state index contributed by atoms with van der Waals surface area (Å²) in [5, 5.41) is 11.5. The van der Waals surface area contributed by atoms with Crippen molar-refractivity contribution >= 4 is 33.9 Å². The molecule has 1 atom stereocenters. The van der Waals surface area contributed by atoms with Crippen molar-refractivity contribution in [2.45, 2.75) is 59.2 Å². The van der Waals surface area contributed by atoms with Gasteiger partial charge < -0.3 is 10.6 Å². The molecular weight excluding hydrogens is 508 g/mol. The van der Waals surface area contributed by atoms with Crippen molar-refractivity contribution in [3.63, 3.8) is 0 Å². The van der Waals surface area contributed by atoms with Crippen LogP contribution in [0.3, 0.4) is 0 Å². The van der Waals surface area contributed by atoms with E-state index in [0.717, 1.165) is 23.8 Å². The zero-order valence-electron chi connectivity index (χ0n) is 22.8. The van der Waals surface area contributed by atoms with Crippen LogP contribution in [0.25, 0.3) is 33.3 Å². The smallest absolute Gasteiger partial charge is 0.327 e. The molecule has 6 rings (SSSR count). The number of rotatable bonds is 8. The van der Waals surface area contributed by atoms with E-state index in [-0.39, 0.29) is 29.5 Å². The lowest BCUT2D eigenvalue weighted by atomic mass is 9.98. The number of carbonyl (C=O) groups is 2. The second-order valence-corrected chi connectivity index (χ2v) is 10.8. The number of allylic oxidation sites excluding steroid dienone is 2. The van der Waals surface area contributed by atoms with Crippen molar-refractivity contribution in [3.05, 3.63) is 64.6 Å². The van der Waals surface area contributed by atoms with E-state index < -0.39 is 0 Å². The van der Waals surface area contributed by atoms with Crippen LogP contribution in [-0.2, 0) is 17.9 Å². The van der Waals surface area contributed by atoms with Crippen LogP contribution in [0.15, 0.2) is 53.2 Å². The highest BCUT2D eigenvalue weighted by Gasteiger charge is 2.28. The van der Waals surface area contributed by atoms with E-state index in [9.17, 15) is 14.4 Å². The molecule has 4 aromatic rings. The largest absolute Gasteiger partial charge is 0.353 e. The fourth-order valence-corrected chi connectivity index (χ4v) is 5.24. The van der Waals surface area contributed by atoms with E-state index >= 15 is 0 Å². The average molecular weight is 541 g/mol. The SMILES string of the molecule is CCn1c(=O)[nH]c2ncnc(-c3ccc4c(C(=O)NC5=CC(C(=O)NC(C)C)CC=C5)n(CC5CC5)nc4c3)c21. The van der Waals surface area contributed by atoms with Gasteiger partial charge in [-0.05, 0) is 70.2 Å². The lowest BCUT2D eigenvalue weighted by molar-refractivity contribution is -0.124. The molecule has 3 aromatic heterocycles. The Hall–Kier alpha value is -4.54. The highest BCUT2D eigenvalue weighted by Crippen LogP contribution is 2.33. The molecule has 3 N–H and O–H groups in total. The number of amides is 2. The van der Waals surface area contributed by atoms with Crippen LogP contribution in [-0.4, -0.2) is 47.2 Å². The maximum atomic E-state index is 13.7. The first-order valence-corrected chi connectivity index (χ1v) is 13.8. The van der Waals surface area contributed by atoms with E-state index in [4.69, 9.17) is 5.10 Å². The summed E-state index contributed by atoms with van der Waals surface area (Å²) >= 11 is 0. The molecule has 1 aromatic carbocycles. The van der Waals surface area contributed by atoms with Crippen molar-refractivity contribution in [2.75, 3.05) is 0 Å². The number of aryl methyl sites for hydroxylation is 1. The summed E-state index contributed by atoms with van der Waals surface area (Å²) in [6.45, 7) is 6.89. The maximum absolute atomic E-state index is 13.7. The Kier molecular flexibility index (Phi) is 6.57. The predicted molar refractivity (Wildman–Crippen MR) is 151 cm³/mol. The van der Waals surface area contributed by atoms with E-state index in [2.05, 4.69) is 25.6 Å². The molecule has 0 spiro atoms. The molecule has 11 heteroatoms. The third-order valence-corrected chi connectivity index (χ3v) is 7.33. The highest BCUT2D eigenvalue weighted by atomic mass is 16.2. The fourth-order valence-electron chi connectivity index (χ4n) is 5.24. The zero-order chi connectivity index (χ0) is 28.0. The number of aromatic amines is 1. The summed E-state index contributed by atoms with van der Waals surface area (Å²) in [7, 11) is 0. The highest BCUT2D eigenvalue weighted by molar-refractivity contribution is 6.07. The van der Waals surface area contributed by atoms with Crippen LogP contribution in [0, 0.1) is 11.8 Å². The third kappa shape index (κ3) is 4.83. The molecule has 2 amide bonds. The van der Waals surface area contributed by atoms with Crippen LogP contribution < -0.4 is 16.3 Å². The van der Waals surface area contributed by atoms with Crippen LogP contribution in [0.4, 0.5) is 0 Å². The van der Waals surface area contributed by atoms with Crippen molar-refractivity contribution in [1.29, 1.82) is 0 Å². The van der Waals surface area contributed by atoms with Crippen LogP contribution in [0.2, 0.25) is 0 Å². The number of imidazole rings is 1. The number of benzene rings is 1. The van der Waals surface area contributed by atoms with Gasteiger partial charge in [-0.2, -0.15) is 5.10 Å². The number of hydrogen-bond donors (Lipinski definition) is 3. The molecule has 1 fully saturated rings.